The molecule has 0 aliphatic carbocycles. The largest absolute Gasteiger partial charge is 0.311 e. The topological polar surface area (TPSA) is 44.7 Å². The van der Waals surface area contributed by atoms with Crippen LogP contribution in [0.4, 0.5) is 0 Å². The molecule has 1 amide bonds. The highest BCUT2D eigenvalue weighted by Crippen LogP contribution is 2.14. The van der Waals surface area contributed by atoms with Crippen molar-refractivity contribution < 1.29 is 4.79 Å². The SMILES string of the molecule is CN=C1NC(=O)/C(=C\c2ccccc2)N1C. The van der Waals surface area contributed by atoms with Crippen LogP contribution in [-0.2, 0) is 4.79 Å². The van der Waals surface area contributed by atoms with E-state index in [-0.39, 0.29) is 5.91 Å². The van der Waals surface area contributed by atoms with Gasteiger partial charge in [0.05, 0.1) is 0 Å². The number of nitrogens with zero attached hydrogens (tertiary/aromatic N) is 2. The van der Waals surface area contributed by atoms with Crippen LogP contribution in [0.2, 0.25) is 0 Å². The Morgan fingerprint density at radius 3 is 2.56 bits per heavy atom. The molecule has 1 aliphatic rings. The minimum atomic E-state index is -0.119. The highest BCUT2D eigenvalue weighted by Gasteiger charge is 2.27. The third kappa shape index (κ3) is 1.82. The van der Waals surface area contributed by atoms with Crippen LogP contribution < -0.4 is 5.32 Å². The Bertz CT molecular complexity index is 462. The fraction of sp³-hybridized carbons (Fsp3) is 0.167. The van der Waals surface area contributed by atoms with E-state index < -0.39 is 0 Å². The van der Waals surface area contributed by atoms with Crippen LogP contribution in [0.25, 0.3) is 6.08 Å². The van der Waals surface area contributed by atoms with Crippen molar-refractivity contribution in [2.45, 2.75) is 0 Å². The number of nitrogens with one attached hydrogen (secondary N) is 1. The summed E-state index contributed by atoms with van der Waals surface area (Å²) in [7, 11) is 3.46. The Morgan fingerprint density at radius 2 is 2.00 bits per heavy atom. The fourth-order valence-electron chi connectivity index (χ4n) is 1.59. The number of likely N-dealkylation sites (N-methyl/N-ethyl adjacent to an activating group) is 1. The molecule has 2 rings (SSSR count). The monoisotopic (exact) mass is 215 g/mol. The quantitative estimate of drug-likeness (QED) is 0.712. The first-order chi connectivity index (χ1) is 7.72. The molecule has 0 spiro atoms. The normalized spacial score (nSPS) is 20.6. The predicted octanol–water partition coefficient (Wildman–Crippen LogP) is 1.07. The van der Waals surface area contributed by atoms with Gasteiger partial charge >= 0.3 is 0 Å². The summed E-state index contributed by atoms with van der Waals surface area (Å²) in [6, 6.07) is 9.73. The zero-order chi connectivity index (χ0) is 11.5. The van der Waals surface area contributed by atoms with Crippen molar-refractivity contribution in [1.82, 2.24) is 10.2 Å². The van der Waals surface area contributed by atoms with Gasteiger partial charge in [0.1, 0.15) is 5.70 Å². The summed E-state index contributed by atoms with van der Waals surface area (Å²) in [5.74, 6) is 0.458. The predicted molar refractivity (Wildman–Crippen MR) is 63.7 cm³/mol. The van der Waals surface area contributed by atoms with Gasteiger partial charge in [0, 0.05) is 14.1 Å². The molecule has 1 saturated heterocycles. The summed E-state index contributed by atoms with van der Waals surface area (Å²) in [4.78, 5) is 17.4. The van der Waals surface area contributed by atoms with Crippen molar-refractivity contribution in [3.8, 4) is 0 Å². The second-order valence-electron chi connectivity index (χ2n) is 3.50. The number of rotatable bonds is 1. The van der Waals surface area contributed by atoms with Gasteiger partial charge in [0.25, 0.3) is 5.91 Å². The maximum absolute atomic E-state index is 11.7. The molecule has 1 aromatic carbocycles. The molecule has 16 heavy (non-hydrogen) atoms. The average Bonchev–Trinajstić information content (AvgIpc) is 2.58. The summed E-state index contributed by atoms with van der Waals surface area (Å²) in [5, 5.41) is 2.69. The molecule has 4 heteroatoms. The Hall–Kier alpha value is -2.10. The zero-order valence-corrected chi connectivity index (χ0v) is 9.27. The van der Waals surface area contributed by atoms with Crippen molar-refractivity contribution in [2.75, 3.05) is 14.1 Å². The van der Waals surface area contributed by atoms with Gasteiger partial charge in [-0.3, -0.25) is 15.1 Å². The van der Waals surface area contributed by atoms with Gasteiger partial charge in [-0.1, -0.05) is 30.3 Å². The van der Waals surface area contributed by atoms with Crippen LogP contribution in [0.5, 0.6) is 0 Å². The van der Waals surface area contributed by atoms with E-state index in [1.807, 2.05) is 43.5 Å². The Labute approximate surface area is 94.3 Å². The van der Waals surface area contributed by atoms with E-state index in [9.17, 15) is 4.79 Å². The molecule has 0 radical (unpaired) electrons. The van der Waals surface area contributed by atoms with Gasteiger partial charge in [0.15, 0.2) is 0 Å². The highest BCUT2D eigenvalue weighted by molar-refractivity contribution is 6.15. The Morgan fingerprint density at radius 1 is 1.31 bits per heavy atom. The molecule has 0 saturated carbocycles. The van der Waals surface area contributed by atoms with Gasteiger partial charge in [-0.2, -0.15) is 0 Å². The molecule has 0 bridgehead atoms. The number of carbonyl (C=O) groups is 1. The van der Waals surface area contributed by atoms with E-state index in [2.05, 4.69) is 10.3 Å². The fourth-order valence-corrected chi connectivity index (χ4v) is 1.59. The van der Waals surface area contributed by atoms with Gasteiger partial charge in [-0.05, 0) is 11.6 Å². The lowest BCUT2D eigenvalue weighted by Gasteiger charge is -2.09. The van der Waals surface area contributed by atoms with Crippen molar-refractivity contribution in [3.63, 3.8) is 0 Å². The molecule has 1 N–H and O–H groups in total. The number of benzene rings is 1. The maximum Gasteiger partial charge on any atom is 0.274 e. The van der Waals surface area contributed by atoms with E-state index in [4.69, 9.17) is 0 Å². The van der Waals surface area contributed by atoms with Crippen LogP contribution in [0.15, 0.2) is 41.0 Å². The lowest BCUT2D eigenvalue weighted by Crippen LogP contribution is -2.26. The number of aliphatic imine (C=N–C) groups is 1. The molecule has 0 unspecified atom stereocenters. The summed E-state index contributed by atoms with van der Waals surface area (Å²) >= 11 is 0. The molecular weight excluding hydrogens is 202 g/mol. The van der Waals surface area contributed by atoms with E-state index in [0.29, 0.717) is 11.7 Å². The molecule has 1 heterocycles. The van der Waals surface area contributed by atoms with E-state index in [0.717, 1.165) is 5.56 Å². The maximum atomic E-state index is 11.7. The first kappa shape index (κ1) is 10.4. The van der Waals surface area contributed by atoms with Gasteiger partial charge in [-0.25, -0.2) is 0 Å². The first-order valence-electron chi connectivity index (χ1n) is 5.01. The highest BCUT2D eigenvalue weighted by atomic mass is 16.2. The molecular formula is C12H13N3O. The van der Waals surface area contributed by atoms with Crippen molar-refractivity contribution in [1.29, 1.82) is 0 Å². The van der Waals surface area contributed by atoms with E-state index in [1.165, 1.54) is 0 Å². The van der Waals surface area contributed by atoms with Gasteiger partial charge in [-0.15, -0.1) is 0 Å². The average molecular weight is 215 g/mol. The number of carbonyl (C=O) groups excluding carboxylic acids is 1. The number of amides is 1. The molecule has 82 valence electrons. The molecule has 1 aliphatic heterocycles. The molecule has 0 aromatic heterocycles. The van der Waals surface area contributed by atoms with Crippen LogP contribution in [0, 0.1) is 0 Å². The summed E-state index contributed by atoms with van der Waals surface area (Å²) < 4.78 is 0. The molecule has 0 atom stereocenters. The van der Waals surface area contributed by atoms with Crippen LogP contribution >= 0.6 is 0 Å². The van der Waals surface area contributed by atoms with Crippen LogP contribution in [-0.4, -0.2) is 30.9 Å². The van der Waals surface area contributed by atoms with E-state index in [1.54, 1.807) is 11.9 Å². The number of guanidine groups is 1. The smallest absolute Gasteiger partial charge is 0.274 e. The molecule has 1 aromatic rings. The summed E-state index contributed by atoms with van der Waals surface area (Å²) in [6.45, 7) is 0. The number of hydrogen-bond acceptors (Lipinski definition) is 2. The first-order valence-corrected chi connectivity index (χ1v) is 5.01. The van der Waals surface area contributed by atoms with Crippen molar-refractivity contribution in [3.05, 3.63) is 41.6 Å². The van der Waals surface area contributed by atoms with Crippen LogP contribution in [0.3, 0.4) is 0 Å². The summed E-state index contributed by atoms with van der Waals surface area (Å²) in [6.07, 6.45) is 1.84. The van der Waals surface area contributed by atoms with Gasteiger partial charge in [0.2, 0.25) is 5.96 Å². The third-order valence-electron chi connectivity index (χ3n) is 2.45. The minimum Gasteiger partial charge on any atom is -0.311 e. The van der Waals surface area contributed by atoms with E-state index >= 15 is 0 Å². The lowest BCUT2D eigenvalue weighted by molar-refractivity contribution is -0.115. The standard InChI is InChI=1S/C12H13N3O/c1-13-12-14-11(16)10(15(12)2)8-9-6-4-3-5-7-9/h3-8H,1-2H3,(H,13,14,16)/b10-8+. The zero-order valence-electron chi connectivity index (χ0n) is 9.27. The Balaban J connectivity index is 2.35. The second-order valence-corrected chi connectivity index (χ2v) is 3.50. The minimum absolute atomic E-state index is 0.119. The molecule has 4 nitrogen and oxygen atoms in total. The molecule has 1 fully saturated rings. The third-order valence-corrected chi connectivity index (χ3v) is 2.45. The lowest BCUT2D eigenvalue weighted by atomic mass is 10.2. The van der Waals surface area contributed by atoms with Gasteiger partial charge < -0.3 is 4.90 Å². The van der Waals surface area contributed by atoms with Crippen LogP contribution in [0.1, 0.15) is 5.56 Å². The summed E-state index contributed by atoms with van der Waals surface area (Å²) in [5.41, 5.74) is 1.60. The van der Waals surface area contributed by atoms with Crippen molar-refractivity contribution in [2.24, 2.45) is 4.99 Å². The van der Waals surface area contributed by atoms with Crippen molar-refractivity contribution >= 4 is 17.9 Å². The second kappa shape index (κ2) is 4.18. The number of hydrogen-bond donors (Lipinski definition) is 1. The Kier molecular flexibility index (Phi) is 2.72.